The van der Waals surface area contributed by atoms with Crippen LogP contribution in [0.1, 0.15) is 45.4 Å². The molecule has 1 atom stereocenters. The van der Waals surface area contributed by atoms with Gasteiger partial charge in [-0.15, -0.1) is 11.3 Å². The lowest BCUT2D eigenvalue weighted by molar-refractivity contribution is 0.485. The number of hydrogen-bond acceptors (Lipinski definition) is 4. The van der Waals surface area contributed by atoms with E-state index in [1.165, 1.54) is 11.3 Å². The molecule has 1 aromatic rings. The van der Waals surface area contributed by atoms with E-state index in [4.69, 9.17) is 0 Å². The summed E-state index contributed by atoms with van der Waals surface area (Å²) < 4.78 is 27.3. The van der Waals surface area contributed by atoms with Gasteiger partial charge in [-0.1, -0.05) is 20.8 Å². The molecule has 1 rings (SSSR count). The molecule has 0 fully saturated rings. The van der Waals surface area contributed by atoms with Gasteiger partial charge in [0.1, 0.15) is 0 Å². The molecule has 1 aromatic heterocycles. The number of rotatable bonds is 9. The predicted molar refractivity (Wildman–Crippen MR) is 85.6 cm³/mol. The highest BCUT2D eigenvalue weighted by atomic mass is 32.2. The third kappa shape index (κ3) is 5.91. The summed E-state index contributed by atoms with van der Waals surface area (Å²) in [4.78, 5) is 1.42. The molecule has 0 aromatic carbocycles. The molecule has 20 heavy (non-hydrogen) atoms. The summed E-state index contributed by atoms with van der Waals surface area (Å²) in [5, 5.41) is 4.91. The molecule has 1 heterocycles. The monoisotopic (exact) mass is 318 g/mol. The van der Waals surface area contributed by atoms with Crippen molar-refractivity contribution in [3.05, 3.63) is 16.3 Å². The summed E-state index contributed by atoms with van der Waals surface area (Å²) in [7, 11) is -3.38. The van der Waals surface area contributed by atoms with Crippen LogP contribution in [0.2, 0.25) is 0 Å². The summed E-state index contributed by atoms with van der Waals surface area (Å²) in [6.45, 7) is 9.85. The van der Waals surface area contributed by atoms with Gasteiger partial charge in [0, 0.05) is 22.8 Å². The SMILES string of the molecule is CCNCc1cc(S(=O)(=O)NC(C)CCC(C)C)cs1. The van der Waals surface area contributed by atoms with Gasteiger partial charge < -0.3 is 5.32 Å². The summed E-state index contributed by atoms with van der Waals surface area (Å²) in [6.07, 6.45) is 1.89. The van der Waals surface area contributed by atoms with Crippen molar-refractivity contribution in [2.45, 2.75) is 58.0 Å². The zero-order valence-corrected chi connectivity index (χ0v) is 14.4. The normalized spacial score (nSPS) is 13.8. The molecule has 0 aliphatic carbocycles. The van der Waals surface area contributed by atoms with Crippen LogP contribution in [0.25, 0.3) is 0 Å². The molecule has 4 nitrogen and oxygen atoms in total. The molecule has 0 saturated heterocycles. The number of nitrogens with one attached hydrogen (secondary N) is 2. The first-order valence-electron chi connectivity index (χ1n) is 7.15. The minimum absolute atomic E-state index is 0.0282. The molecular formula is C14H26N2O2S2. The molecule has 0 spiro atoms. The van der Waals surface area contributed by atoms with E-state index in [-0.39, 0.29) is 6.04 Å². The topological polar surface area (TPSA) is 58.2 Å². The molecule has 0 radical (unpaired) electrons. The Labute approximate surface area is 127 Å². The minimum atomic E-state index is -3.38. The maximum absolute atomic E-state index is 12.2. The zero-order valence-electron chi connectivity index (χ0n) is 12.8. The first-order valence-corrected chi connectivity index (χ1v) is 9.52. The van der Waals surface area contributed by atoms with Crippen LogP contribution in [-0.2, 0) is 16.6 Å². The van der Waals surface area contributed by atoms with Crippen molar-refractivity contribution in [2.75, 3.05) is 6.54 Å². The maximum Gasteiger partial charge on any atom is 0.241 e. The van der Waals surface area contributed by atoms with Crippen molar-refractivity contribution in [2.24, 2.45) is 5.92 Å². The molecule has 0 bridgehead atoms. The van der Waals surface area contributed by atoms with Gasteiger partial charge in [0.25, 0.3) is 0 Å². The average molecular weight is 319 g/mol. The van der Waals surface area contributed by atoms with Crippen LogP contribution in [0.15, 0.2) is 16.3 Å². The van der Waals surface area contributed by atoms with E-state index in [1.807, 2.05) is 13.8 Å². The maximum atomic E-state index is 12.2. The Morgan fingerprint density at radius 1 is 1.25 bits per heavy atom. The van der Waals surface area contributed by atoms with Gasteiger partial charge in [-0.3, -0.25) is 0 Å². The number of thiophene rings is 1. The molecule has 0 aliphatic rings. The van der Waals surface area contributed by atoms with Crippen molar-refractivity contribution in [3.63, 3.8) is 0 Å². The van der Waals surface area contributed by atoms with E-state index in [0.717, 1.165) is 30.8 Å². The summed E-state index contributed by atoms with van der Waals surface area (Å²) in [5.41, 5.74) is 0. The van der Waals surface area contributed by atoms with Crippen LogP contribution in [0.5, 0.6) is 0 Å². The van der Waals surface area contributed by atoms with Crippen molar-refractivity contribution in [1.29, 1.82) is 0 Å². The van der Waals surface area contributed by atoms with E-state index in [1.54, 1.807) is 11.4 Å². The van der Waals surface area contributed by atoms with E-state index in [9.17, 15) is 8.42 Å². The second-order valence-electron chi connectivity index (χ2n) is 5.52. The van der Waals surface area contributed by atoms with Gasteiger partial charge >= 0.3 is 0 Å². The second-order valence-corrected chi connectivity index (χ2v) is 8.23. The zero-order chi connectivity index (χ0) is 15.2. The fourth-order valence-corrected chi connectivity index (χ4v) is 4.34. The molecule has 0 aliphatic heterocycles. The van der Waals surface area contributed by atoms with Crippen molar-refractivity contribution >= 4 is 21.4 Å². The predicted octanol–water partition coefficient (Wildman–Crippen LogP) is 2.96. The quantitative estimate of drug-likeness (QED) is 0.736. The van der Waals surface area contributed by atoms with Crippen LogP contribution in [-0.4, -0.2) is 21.0 Å². The average Bonchev–Trinajstić information content (AvgIpc) is 2.83. The first-order chi connectivity index (χ1) is 9.35. The lowest BCUT2D eigenvalue weighted by Gasteiger charge is -2.14. The third-order valence-electron chi connectivity index (χ3n) is 3.02. The standard InChI is InChI=1S/C14H26N2O2S2/c1-5-15-9-13-8-14(10-19-13)20(17,18)16-12(4)7-6-11(2)3/h8,10-12,15-16H,5-7,9H2,1-4H3. The molecule has 0 saturated carbocycles. The Morgan fingerprint density at radius 2 is 1.95 bits per heavy atom. The molecule has 1 unspecified atom stereocenters. The van der Waals surface area contributed by atoms with Gasteiger partial charge in [-0.25, -0.2) is 13.1 Å². The largest absolute Gasteiger partial charge is 0.312 e. The Balaban J connectivity index is 2.61. The van der Waals surface area contributed by atoms with Crippen LogP contribution in [0.4, 0.5) is 0 Å². The highest BCUT2D eigenvalue weighted by Gasteiger charge is 2.19. The van der Waals surface area contributed by atoms with Crippen LogP contribution in [0, 0.1) is 5.92 Å². The van der Waals surface area contributed by atoms with E-state index in [0.29, 0.717) is 10.8 Å². The summed E-state index contributed by atoms with van der Waals surface area (Å²) in [5.74, 6) is 0.592. The van der Waals surface area contributed by atoms with Gasteiger partial charge in [0.2, 0.25) is 10.0 Å². The van der Waals surface area contributed by atoms with Gasteiger partial charge in [-0.2, -0.15) is 0 Å². The van der Waals surface area contributed by atoms with Crippen LogP contribution < -0.4 is 10.0 Å². The molecule has 116 valence electrons. The Hall–Kier alpha value is -0.430. The molecule has 0 amide bonds. The van der Waals surface area contributed by atoms with Crippen molar-refractivity contribution in [1.82, 2.24) is 10.0 Å². The summed E-state index contributed by atoms with van der Waals surface area (Å²) in [6, 6.07) is 1.73. The van der Waals surface area contributed by atoms with E-state index in [2.05, 4.69) is 23.9 Å². The van der Waals surface area contributed by atoms with Gasteiger partial charge in [0.15, 0.2) is 0 Å². The molecular weight excluding hydrogens is 292 g/mol. The Bertz CT molecular complexity index is 495. The molecule has 6 heteroatoms. The number of sulfonamides is 1. The summed E-state index contributed by atoms with van der Waals surface area (Å²) >= 11 is 1.48. The smallest absolute Gasteiger partial charge is 0.241 e. The van der Waals surface area contributed by atoms with Crippen molar-refractivity contribution in [3.8, 4) is 0 Å². The fraction of sp³-hybridized carbons (Fsp3) is 0.714. The highest BCUT2D eigenvalue weighted by molar-refractivity contribution is 7.89. The van der Waals surface area contributed by atoms with E-state index >= 15 is 0 Å². The highest BCUT2D eigenvalue weighted by Crippen LogP contribution is 2.20. The Morgan fingerprint density at radius 3 is 2.55 bits per heavy atom. The third-order valence-corrected chi connectivity index (χ3v) is 5.68. The fourth-order valence-electron chi connectivity index (χ4n) is 1.82. The second kappa shape index (κ2) is 8.12. The minimum Gasteiger partial charge on any atom is -0.312 e. The first kappa shape index (κ1) is 17.6. The van der Waals surface area contributed by atoms with Crippen LogP contribution in [0.3, 0.4) is 0 Å². The lowest BCUT2D eigenvalue weighted by atomic mass is 10.1. The Kier molecular flexibility index (Phi) is 7.15. The van der Waals surface area contributed by atoms with Crippen molar-refractivity contribution < 1.29 is 8.42 Å². The van der Waals surface area contributed by atoms with Gasteiger partial charge in [-0.05, 0) is 38.3 Å². The van der Waals surface area contributed by atoms with Crippen LogP contribution >= 0.6 is 11.3 Å². The van der Waals surface area contributed by atoms with Gasteiger partial charge in [0.05, 0.1) is 4.90 Å². The molecule has 2 N–H and O–H groups in total. The lowest BCUT2D eigenvalue weighted by Crippen LogP contribution is -2.32. The van der Waals surface area contributed by atoms with E-state index < -0.39 is 10.0 Å². The number of hydrogen-bond donors (Lipinski definition) is 2.